The molecule has 0 saturated carbocycles. The first-order valence-electron chi connectivity index (χ1n) is 5.30. The van der Waals surface area contributed by atoms with Gasteiger partial charge in [-0.05, 0) is 30.5 Å². The zero-order valence-electron chi connectivity index (χ0n) is 10.4. The monoisotopic (exact) mass is 378 g/mol. The second-order valence-electron chi connectivity index (χ2n) is 3.68. The fourth-order valence-corrected chi connectivity index (χ4v) is 2.34. The maximum atomic E-state index is 10.5. The summed E-state index contributed by atoms with van der Waals surface area (Å²) in [7, 11) is 0. The van der Waals surface area contributed by atoms with Crippen molar-refractivity contribution in [3.05, 3.63) is 34.3 Å². The molecule has 1 rings (SSSR count). The summed E-state index contributed by atoms with van der Waals surface area (Å²) in [6, 6.07) is 7.26. The summed E-state index contributed by atoms with van der Waals surface area (Å²) in [6.45, 7) is 0. The molecule has 0 aliphatic rings. The van der Waals surface area contributed by atoms with Crippen LogP contribution in [-0.2, 0) is 15.5 Å². The van der Waals surface area contributed by atoms with Gasteiger partial charge in [-0.2, -0.15) is 0 Å². The van der Waals surface area contributed by atoms with Gasteiger partial charge in [-0.1, -0.05) is 28.1 Å². The van der Waals surface area contributed by atoms with Crippen LogP contribution in [0, 0.1) is 0 Å². The van der Waals surface area contributed by atoms with E-state index in [1.54, 1.807) is 0 Å². The van der Waals surface area contributed by atoms with E-state index in [4.69, 9.17) is 11.6 Å². The molecule has 1 aromatic carbocycles. The fourth-order valence-electron chi connectivity index (χ4n) is 1.63. The van der Waals surface area contributed by atoms with Gasteiger partial charge in [0, 0.05) is 16.3 Å². The molecular weight excluding hydrogens is 367 g/mol. The Kier molecular flexibility index (Phi) is 11.3. The Morgan fingerprint density at radius 3 is 2.47 bits per heavy atom. The molecule has 0 radical (unpaired) electrons. The molecule has 0 aliphatic heterocycles. The van der Waals surface area contributed by atoms with E-state index in [1.807, 2.05) is 24.3 Å². The molecule has 3 unspecified atom stereocenters. The number of hydrogen-bond acceptors (Lipinski definition) is 4. The quantitative estimate of drug-likeness (QED) is 0.305. The van der Waals surface area contributed by atoms with Gasteiger partial charge in [-0.25, -0.2) is 4.21 Å². The Morgan fingerprint density at radius 2 is 2.00 bits per heavy atom. The van der Waals surface area contributed by atoms with Crippen LogP contribution < -0.4 is 29.6 Å². The Hall–Kier alpha value is 1.02. The zero-order chi connectivity index (χ0) is 13.5. The van der Waals surface area contributed by atoms with Gasteiger partial charge in [0.1, 0.15) is 0 Å². The van der Waals surface area contributed by atoms with Gasteiger partial charge in [0.05, 0.1) is 11.4 Å². The van der Waals surface area contributed by atoms with E-state index in [9.17, 15) is 13.9 Å². The molecule has 3 atom stereocenters. The molecule has 19 heavy (non-hydrogen) atoms. The number of hydrogen-bond donors (Lipinski definition) is 1. The first kappa shape index (κ1) is 20.0. The van der Waals surface area contributed by atoms with Crippen molar-refractivity contribution in [2.75, 3.05) is 5.88 Å². The largest absolute Gasteiger partial charge is 1.00 e. The van der Waals surface area contributed by atoms with Crippen molar-refractivity contribution in [2.45, 2.75) is 25.0 Å². The third-order valence-corrected chi connectivity index (χ3v) is 3.62. The van der Waals surface area contributed by atoms with Gasteiger partial charge in [0.25, 0.3) is 0 Å². The van der Waals surface area contributed by atoms with Crippen LogP contribution in [0.5, 0.6) is 0 Å². The van der Waals surface area contributed by atoms with Crippen LogP contribution in [-0.4, -0.2) is 26.0 Å². The summed E-state index contributed by atoms with van der Waals surface area (Å²) < 4.78 is 26.2. The molecule has 0 spiro atoms. The predicted octanol–water partition coefficient (Wildman–Crippen LogP) is -0.315. The smallest absolute Gasteiger partial charge is 0.750 e. The molecule has 8 heteroatoms. The van der Waals surface area contributed by atoms with E-state index < -0.39 is 23.6 Å². The summed E-state index contributed by atoms with van der Waals surface area (Å²) in [5, 5.41) is 9.76. The summed E-state index contributed by atoms with van der Waals surface area (Å²) in [5.41, 5.74) is 0.807. The van der Waals surface area contributed by atoms with Crippen molar-refractivity contribution in [3.8, 4) is 0 Å². The first-order chi connectivity index (χ1) is 8.54. The fraction of sp³-hybridized carbons (Fsp3) is 0.455. The van der Waals surface area contributed by atoms with Crippen LogP contribution in [0.15, 0.2) is 28.7 Å². The van der Waals surface area contributed by atoms with Crippen molar-refractivity contribution in [3.63, 3.8) is 0 Å². The Morgan fingerprint density at radius 1 is 1.42 bits per heavy atom. The minimum absolute atomic E-state index is 0. The van der Waals surface area contributed by atoms with Crippen molar-refractivity contribution in [1.29, 1.82) is 0 Å². The number of rotatable bonds is 7. The molecule has 0 amide bonds. The van der Waals surface area contributed by atoms with E-state index in [0.29, 0.717) is 18.7 Å². The average Bonchev–Trinajstić information content (AvgIpc) is 2.31. The van der Waals surface area contributed by atoms with Gasteiger partial charge in [-0.15, -0.1) is 11.6 Å². The first-order valence-corrected chi connectivity index (χ1v) is 7.63. The number of benzene rings is 1. The van der Waals surface area contributed by atoms with Gasteiger partial charge in [0.2, 0.25) is 0 Å². The van der Waals surface area contributed by atoms with Crippen LogP contribution in [0.25, 0.3) is 0 Å². The summed E-state index contributed by atoms with van der Waals surface area (Å²) in [6.07, 6.45) is -0.190. The van der Waals surface area contributed by atoms with E-state index in [-0.39, 0.29) is 29.6 Å². The van der Waals surface area contributed by atoms with Crippen molar-refractivity contribution in [2.24, 2.45) is 0 Å². The van der Waals surface area contributed by atoms with E-state index >= 15 is 0 Å². The normalized spacial score (nSPS) is 15.4. The van der Waals surface area contributed by atoms with Gasteiger partial charge >= 0.3 is 29.6 Å². The number of aliphatic hydroxyl groups is 1. The van der Waals surface area contributed by atoms with E-state index in [0.717, 1.165) is 10.0 Å². The second kappa shape index (κ2) is 10.7. The number of halogens is 2. The van der Waals surface area contributed by atoms with Crippen molar-refractivity contribution < 1.29 is 47.6 Å². The Balaban J connectivity index is 0.00000324. The van der Waals surface area contributed by atoms with Crippen LogP contribution in [0.3, 0.4) is 0 Å². The molecule has 0 bridgehead atoms. The number of alkyl halides is 1. The molecule has 0 fully saturated rings. The Labute approximate surface area is 150 Å². The topological polar surface area (TPSA) is 69.6 Å². The van der Waals surface area contributed by atoms with Crippen molar-refractivity contribution >= 4 is 38.9 Å². The minimum atomic E-state index is -2.74. The van der Waals surface area contributed by atoms with Gasteiger partial charge in [0.15, 0.2) is 6.29 Å². The molecule has 4 nitrogen and oxygen atoms in total. The maximum Gasteiger partial charge on any atom is 1.00 e. The summed E-state index contributed by atoms with van der Waals surface area (Å²) >= 11 is 6.19. The second-order valence-corrected chi connectivity index (χ2v) is 5.57. The average molecular weight is 380 g/mol. The predicted molar refractivity (Wildman–Crippen MR) is 72.8 cm³/mol. The number of aliphatic hydroxyl groups excluding tert-OH is 1. The Bertz CT molecular complexity index is 393. The van der Waals surface area contributed by atoms with Crippen LogP contribution in [0.2, 0.25) is 0 Å². The molecule has 0 saturated heterocycles. The minimum Gasteiger partial charge on any atom is -0.750 e. The van der Waals surface area contributed by atoms with Crippen molar-refractivity contribution in [1.82, 2.24) is 0 Å². The van der Waals surface area contributed by atoms with Crippen LogP contribution >= 0.6 is 27.5 Å². The summed E-state index contributed by atoms with van der Waals surface area (Å²) in [4.78, 5) is 0. The van der Waals surface area contributed by atoms with E-state index in [2.05, 4.69) is 20.1 Å². The van der Waals surface area contributed by atoms with E-state index in [1.165, 1.54) is 0 Å². The maximum absolute atomic E-state index is 10.5. The SMILES string of the molecule is O=S([O-])OC(O)C(CCCCl)c1ccc(Br)cc1.[Na+]. The molecule has 0 aliphatic carbocycles. The molecule has 0 aromatic heterocycles. The third-order valence-electron chi connectivity index (χ3n) is 2.47. The van der Waals surface area contributed by atoms with Gasteiger partial charge < -0.3 is 9.66 Å². The molecule has 1 N–H and O–H groups in total. The summed E-state index contributed by atoms with van der Waals surface area (Å²) in [5.74, 6) is 0.0231. The third kappa shape index (κ3) is 7.55. The zero-order valence-corrected chi connectivity index (χ0v) is 15.6. The molecular formula is C11H13BrClNaO4S. The van der Waals surface area contributed by atoms with Crippen LogP contribution in [0.4, 0.5) is 0 Å². The molecule has 1 aromatic rings. The van der Waals surface area contributed by atoms with Gasteiger partial charge in [-0.3, -0.25) is 4.18 Å². The standard InChI is InChI=1S/C11H14BrClO4S.Na/c12-9-5-3-8(4-6-9)10(2-1-7-13)11(14)17-18(15)16;/h3-6,10-11,14H,1-2,7H2,(H,15,16);/q;+1/p-1. The van der Waals surface area contributed by atoms with Crippen LogP contribution in [0.1, 0.15) is 24.3 Å². The molecule has 0 heterocycles. The molecule has 102 valence electrons.